The van der Waals surface area contributed by atoms with E-state index in [0.29, 0.717) is 5.88 Å². The molecule has 1 atom stereocenters. The molecule has 0 saturated heterocycles. The Morgan fingerprint density at radius 3 is 2.86 bits per heavy atom. The number of rotatable bonds is 4. The van der Waals surface area contributed by atoms with Crippen molar-refractivity contribution in [3.63, 3.8) is 0 Å². The van der Waals surface area contributed by atoms with E-state index < -0.39 is 0 Å². The van der Waals surface area contributed by atoms with Gasteiger partial charge in [0.1, 0.15) is 0 Å². The molecule has 3 heteroatoms. The van der Waals surface area contributed by atoms with Crippen molar-refractivity contribution < 1.29 is 4.74 Å². The SMILES string of the molecule is C#CC(Cc1ccc(OC)nc1)NC. The van der Waals surface area contributed by atoms with Crippen molar-refractivity contribution in [2.24, 2.45) is 0 Å². The van der Waals surface area contributed by atoms with Gasteiger partial charge in [0.15, 0.2) is 0 Å². The molecule has 0 aliphatic heterocycles. The second-order valence-corrected chi connectivity index (χ2v) is 2.92. The summed E-state index contributed by atoms with van der Waals surface area (Å²) in [4.78, 5) is 4.10. The van der Waals surface area contributed by atoms with E-state index >= 15 is 0 Å². The van der Waals surface area contributed by atoms with Crippen molar-refractivity contribution in [2.75, 3.05) is 14.2 Å². The van der Waals surface area contributed by atoms with E-state index in [1.165, 1.54) is 0 Å². The van der Waals surface area contributed by atoms with Gasteiger partial charge in [0, 0.05) is 18.7 Å². The number of pyridine rings is 1. The Hall–Kier alpha value is -1.53. The summed E-state index contributed by atoms with van der Waals surface area (Å²) in [5.41, 5.74) is 1.10. The fourth-order valence-corrected chi connectivity index (χ4v) is 1.13. The summed E-state index contributed by atoms with van der Waals surface area (Å²) in [6, 6.07) is 3.86. The van der Waals surface area contributed by atoms with Crippen LogP contribution in [-0.4, -0.2) is 25.2 Å². The van der Waals surface area contributed by atoms with Crippen molar-refractivity contribution in [1.29, 1.82) is 0 Å². The molecule has 3 nitrogen and oxygen atoms in total. The van der Waals surface area contributed by atoms with Gasteiger partial charge in [-0.3, -0.25) is 0 Å². The first-order valence-corrected chi connectivity index (χ1v) is 4.42. The van der Waals surface area contributed by atoms with Gasteiger partial charge in [0.25, 0.3) is 0 Å². The van der Waals surface area contributed by atoms with Crippen LogP contribution in [0.2, 0.25) is 0 Å². The van der Waals surface area contributed by atoms with E-state index in [9.17, 15) is 0 Å². The van der Waals surface area contributed by atoms with Crippen LogP contribution in [0.3, 0.4) is 0 Å². The van der Waals surface area contributed by atoms with Crippen LogP contribution in [0.25, 0.3) is 0 Å². The number of ether oxygens (including phenoxy) is 1. The molecule has 1 aromatic rings. The molecule has 1 unspecified atom stereocenters. The Labute approximate surface area is 84.5 Å². The number of hydrogen-bond donors (Lipinski definition) is 1. The summed E-state index contributed by atoms with van der Waals surface area (Å²) in [7, 11) is 3.45. The lowest BCUT2D eigenvalue weighted by Gasteiger charge is -2.08. The monoisotopic (exact) mass is 190 g/mol. The van der Waals surface area contributed by atoms with Crippen molar-refractivity contribution in [3.8, 4) is 18.2 Å². The van der Waals surface area contributed by atoms with Gasteiger partial charge in [-0.05, 0) is 12.6 Å². The van der Waals surface area contributed by atoms with Crippen LogP contribution in [0, 0.1) is 12.3 Å². The summed E-state index contributed by atoms with van der Waals surface area (Å²) in [6.45, 7) is 0. The molecule has 14 heavy (non-hydrogen) atoms. The molecule has 0 saturated carbocycles. The van der Waals surface area contributed by atoms with Crippen LogP contribution < -0.4 is 10.1 Å². The molecule has 0 amide bonds. The summed E-state index contributed by atoms with van der Waals surface area (Å²) >= 11 is 0. The summed E-state index contributed by atoms with van der Waals surface area (Å²) in [5.74, 6) is 3.28. The van der Waals surface area contributed by atoms with Crippen LogP contribution in [0.4, 0.5) is 0 Å². The van der Waals surface area contributed by atoms with Gasteiger partial charge in [-0.25, -0.2) is 4.98 Å². The highest BCUT2D eigenvalue weighted by Crippen LogP contribution is 2.08. The molecular weight excluding hydrogens is 176 g/mol. The molecule has 1 rings (SSSR count). The van der Waals surface area contributed by atoms with Gasteiger partial charge in [-0.1, -0.05) is 12.0 Å². The Morgan fingerprint density at radius 1 is 1.64 bits per heavy atom. The fraction of sp³-hybridized carbons (Fsp3) is 0.364. The molecule has 0 aromatic carbocycles. The van der Waals surface area contributed by atoms with Gasteiger partial charge >= 0.3 is 0 Å². The fourth-order valence-electron chi connectivity index (χ4n) is 1.13. The second-order valence-electron chi connectivity index (χ2n) is 2.92. The first-order chi connectivity index (χ1) is 6.80. The predicted octanol–water partition coefficient (Wildman–Crippen LogP) is 0.854. The molecule has 0 spiro atoms. The minimum atomic E-state index is 0.0604. The largest absolute Gasteiger partial charge is 0.481 e. The van der Waals surface area contributed by atoms with Gasteiger partial charge < -0.3 is 10.1 Å². The Balaban J connectivity index is 2.64. The Morgan fingerprint density at radius 2 is 2.43 bits per heavy atom. The van der Waals surface area contributed by atoms with E-state index in [1.807, 2.05) is 19.2 Å². The molecule has 74 valence electrons. The average molecular weight is 190 g/mol. The molecule has 0 aliphatic carbocycles. The summed E-state index contributed by atoms with van der Waals surface area (Å²) < 4.78 is 4.96. The molecule has 1 heterocycles. The third-order valence-electron chi connectivity index (χ3n) is 2.00. The lowest BCUT2D eigenvalue weighted by Crippen LogP contribution is -2.25. The number of hydrogen-bond acceptors (Lipinski definition) is 3. The number of methoxy groups -OCH3 is 1. The smallest absolute Gasteiger partial charge is 0.212 e. The number of nitrogens with one attached hydrogen (secondary N) is 1. The Bertz CT molecular complexity index is 313. The van der Waals surface area contributed by atoms with E-state index in [1.54, 1.807) is 13.3 Å². The van der Waals surface area contributed by atoms with Crippen molar-refractivity contribution in [1.82, 2.24) is 10.3 Å². The van der Waals surface area contributed by atoms with Crippen LogP contribution in [-0.2, 0) is 6.42 Å². The molecule has 0 radical (unpaired) electrons. The average Bonchev–Trinajstić information content (AvgIpc) is 2.26. The minimum absolute atomic E-state index is 0.0604. The van der Waals surface area contributed by atoms with Crippen LogP contribution in [0.5, 0.6) is 5.88 Å². The molecule has 0 fully saturated rings. The highest BCUT2D eigenvalue weighted by atomic mass is 16.5. The van der Waals surface area contributed by atoms with Crippen molar-refractivity contribution >= 4 is 0 Å². The van der Waals surface area contributed by atoms with E-state index in [4.69, 9.17) is 11.2 Å². The molecule has 1 N–H and O–H groups in total. The standard InChI is InChI=1S/C11H14N2O/c1-4-10(12-2)7-9-5-6-11(14-3)13-8-9/h1,5-6,8,10,12H,7H2,2-3H3. The molecule has 1 aromatic heterocycles. The third-order valence-corrected chi connectivity index (χ3v) is 2.00. The van der Waals surface area contributed by atoms with Gasteiger partial charge in [-0.2, -0.15) is 0 Å². The molecule has 0 aliphatic rings. The van der Waals surface area contributed by atoms with E-state index in [0.717, 1.165) is 12.0 Å². The number of nitrogens with zero attached hydrogens (tertiary/aromatic N) is 1. The van der Waals surface area contributed by atoms with Crippen molar-refractivity contribution in [2.45, 2.75) is 12.5 Å². The molecular formula is C11H14N2O. The zero-order valence-electron chi connectivity index (χ0n) is 8.45. The maximum absolute atomic E-state index is 5.33. The quantitative estimate of drug-likeness (QED) is 0.715. The second kappa shape index (κ2) is 5.25. The lowest BCUT2D eigenvalue weighted by molar-refractivity contribution is 0.397. The van der Waals surface area contributed by atoms with Crippen LogP contribution in [0.15, 0.2) is 18.3 Å². The number of likely N-dealkylation sites (N-methyl/N-ethyl adjacent to an activating group) is 1. The number of terminal acetylenes is 1. The maximum Gasteiger partial charge on any atom is 0.212 e. The van der Waals surface area contributed by atoms with Crippen molar-refractivity contribution in [3.05, 3.63) is 23.9 Å². The normalized spacial score (nSPS) is 11.8. The highest BCUT2D eigenvalue weighted by molar-refractivity contribution is 5.20. The highest BCUT2D eigenvalue weighted by Gasteiger charge is 2.03. The Kier molecular flexibility index (Phi) is 3.96. The number of aromatic nitrogens is 1. The first-order valence-electron chi connectivity index (χ1n) is 4.42. The summed E-state index contributed by atoms with van der Waals surface area (Å²) in [6.07, 6.45) is 7.89. The van der Waals surface area contributed by atoms with Gasteiger partial charge in [0.05, 0.1) is 13.2 Å². The topological polar surface area (TPSA) is 34.1 Å². The van der Waals surface area contributed by atoms with Crippen LogP contribution in [0.1, 0.15) is 5.56 Å². The zero-order chi connectivity index (χ0) is 10.4. The van der Waals surface area contributed by atoms with Gasteiger partial charge in [0.2, 0.25) is 5.88 Å². The third kappa shape index (κ3) is 2.75. The van der Waals surface area contributed by atoms with Crippen LogP contribution >= 0.6 is 0 Å². The predicted molar refractivity (Wildman–Crippen MR) is 56.2 cm³/mol. The maximum atomic E-state index is 5.33. The van der Waals surface area contributed by atoms with Gasteiger partial charge in [-0.15, -0.1) is 6.42 Å². The van der Waals surface area contributed by atoms with E-state index in [-0.39, 0.29) is 6.04 Å². The lowest BCUT2D eigenvalue weighted by atomic mass is 10.1. The van der Waals surface area contributed by atoms with E-state index in [2.05, 4.69) is 16.2 Å². The molecule has 0 bridgehead atoms. The zero-order valence-corrected chi connectivity index (χ0v) is 8.45. The first kappa shape index (κ1) is 10.6. The minimum Gasteiger partial charge on any atom is -0.481 e. The summed E-state index contributed by atoms with van der Waals surface area (Å²) in [5, 5.41) is 3.03.